The molecule has 3 nitrogen and oxygen atoms in total. The molecule has 0 aromatic rings. The molecule has 0 amide bonds. The van der Waals surface area contributed by atoms with Gasteiger partial charge < -0.3 is 5.32 Å². The maximum absolute atomic E-state index is 11.2. The van der Waals surface area contributed by atoms with Crippen LogP contribution in [-0.4, -0.2) is 33.0 Å². The summed E-state index contributed by atoms with van der Waals surface area (Å²) in [6.07, 6.45) is 3.14. The Kier molecular flexibility index (Phi) is 4.19. The lowest BCUT2D eigenvalue weighted by Gasteiger charge is -2.22. The highest BCUT2D eigenvalue weighted by Gasteiger charge is 2.16. The third kappa shape index (κ3) is 4.09. The molecule has 13 heavy (non-hydrogen) atoms. The normalized spacial score (nSPS) is 20.4. The summed E-state index contributed by atoms with van der Waals surface area (Å²) < 4.78 is 22.5. The Balaban J connectivity index is 2.25. The molecule has 0 aliphatic carbocycles. The van der Waals surface area contributed by atoms with E-state index in [4.69, 9.17) is 0 Å². The molecular weight excluding hydrogens is 186 g/mol. The number of sulfone groups is 1. The second kappa shape index (κ2) is 4.96. The quantitative estimate of drug-likeness (QED) is 0.739. The number of piperidine rings is 1. The minimum Gasteiger partial charge on any atom is -0.317 e. The van der Waals surface area contributed by atoms with Gasteiger partial charge in [0.1, 0.15) is 9.84 Å². The largest absolute Gasteiger partial charge is 0.317 e. The monoisotopic (exact) mass is 205 g/mol. The van der Waals surface area contributed by atoms with Crippen molar-refractivity contribution in [2.75, 3.05) is 24.6 Å². The zero-order valence-corrected chi connectivity index (χ0v) is 9.07. The molecule has 0 saturated carbocycles. The average Bonchev–Trinajstić information content (AvgIpc) is 2.17. The van der Waals surface area contributed by atoms with Gasteiger partial charge >= 0.3 is 0 Å². The van der Waals surface area contributed by atoms with Gasteiger partial charge in [-0.05, 0) is 38.3 Å². The van der Waals surface area contributed by atoms with Crippen LogP contribution in [-0.2, 0) is 9.84 Å². The molecule has 0 aromatic heterocycles. The molecule has 1 aliphatic heterocycles. The summed E-state index contributed by atoms with van der Waals surface area (Å²) in [4.78, 5) is 0. The second-order valence-corrected chi connectivity index (χ2v) is 6.19. The van der Waals surface area contributed by atoms with Crippen LogP contribution in [0.25, 0.3) is 0 Å². The Morgan fingerprint density at radius 3 is 2.46 bits per heavy atom. The number of hydrogen-bond acceptors (Lipinski definition) is 3. The van der Waals surface area contributed by atoms with Gasteiger partial charge in [-0.25, -0.2) is 8.42 Å². The van der Waals surface area contributed by atoms with Crippen molar-refractivity contribution in [3.8, 4) is 0 Å². The van der Waals surface area contributed by atoms with Gasteiger partial charge in [0.15, 0.2) is 0 Å². The van der Waals surface area contributed by atoms with Gasteiger partial charge in [0.25, 0.3) is 0 Å². The fourth-order valence-corrected chi connectivity index (χ4v) is 2.64. The number of nitrogens with one attached hydrogen (secondary N) is 1. The fraction of sp³-hybridized carbons (Fsp3) is 1.00. The maximum Gasteiger partial charge on any atom is 0.150 e. The van der Waals surface area contributed by atoms with E-state index >= 15 is 0 Å². The zero-order chi connectivity index (χ0) is 9.73. The summed E-state index contributed by atoms with van der Waals surface area (Å²) >= 11 is 0. The fourth-order valence-electron chi connectivity index (χ4n) is 1.66. The molecule has 1 heterocycles. The first kappa shape index (κ1) is 11.0. The highest BCUT2D eigenvalue weighted by atomic mass is 32.2. The van der Waals surface area contributed by atoms with Gasteiger partial charge in [-0.15, -0.1) is 0 Å². The Bertz CT molecular complexity index is 230. The van der Waals surface area contributed by atoms with Crippen molar-refractivity contribution in [3.05, 3.63) is 0 Å². The Hall–Kier alpha value is -0.0900. The zero-order valence-electron chi connectivity index (χ0n) is 8.25. The third-order valence-corrected chi connectivity index (χ3v) is 4.47. The van der Waals surface area contributed by atoms with Gasteiger partial charge in [-0.3, -0.25) is 0 Å². The molecule has 1 rings (SSSR count). The van der Waals surface area contributed by atoms with Crippen molar-refractivity contribution in [2.45, 2.75) is 26.2 Å². The molecule has 1 N–H and O–H groups in total. The summed E-state index contributed by atoms with van der Waals surface area (Å²) in [5.74, 6) is 1.30. The van der Waals surface area contributed by atoms with E-state index in [1.54, 1.807) is 6.92 Å². The molecule has 0 spiro atoms. The molecule has 0 aromatic carbocycles. The minimum absolute atomic E-state index is 0.290. The molecular formula is C9H19NO2S. The van der Waals surface area contributed by atoms with Crippen molar-refractivity contribution in [2.24, 2.45) is 5.92 Å². The van der Waals surface area contributed by atoms with E-state index in [-0.39, 0.29) is 5.75 Å². The molecule has 1 aliphatic rings. The number of rotatable bonds is 4. The van der Waals surface area contributed by atoms with Crippen LogP contribution in [0.5, 0.6) is 0 Å². The summed E-state index contributed by atoms with van der Waals surface area (Å²) in [5.41, 5.74) is 0. The second-order valence-electron chi connectivity index (χ2n) is 3.72. The van der Waals surface area contributed by atoms with Crippen LogP contribution in [0.15, 0.2) is 0 Å². The molecule has 0 unspecified atom stereocenters. The molecule has 0 radical (unpaired) electrons. The van der Waals surface area contributed by atoms with Crippen LogP contribution in [0.1, 0.15) is 26.2 Å². The first-order chi connectivity index (χ1) is 6.14. The minimum atomic E-state index is -2.74. The predicted octanol–water partition coefficient (Wildman–Crippen LogP) is 0.811. The molecule has 78 valence electrons. The summed E-state index contributed by atoms with van der Waals surface area (Å²) in [6, 6.07) is 0. The van der Waals surface area contributed by atoms with Crippen LogP contribution in [0, 0.1) is 5.92 Å². The van der Waals surface area contributed by atoms with E-state index in [2.05, 4.69) is 5.32 Å². The third-order valence-electron chi connectivity index (χ3n) is 2.74. The van der Waals surface area contributed by atoms with Crippen molar-refractivity contribution in [1.82, 2.24) is 5.32 Å². The van der Waals surface area contributed by atoms with Crippen molar-refractivity contribution in [1.29, 1.82) is 0 Å². The van der Waals surface area contributed by atoms with E-state index in [1.807, 2.05) is 0 Å². The van der Waals surface area contributed by atoms with E-state index < -0.39 is 9.84 Å². The maximum atomic E-state index is 11.2. The lowest BCUT2D eigenvalue weighted by atomic mass is 9.96. The Labute approximate surface area is 80.8 Å². The van der Waals surface area contributed by atoms with Gasteiger partial charge in [0.05, 0.1) is 5.75 Å². The highest BCUT2D eigenvalue weighted by molar-refractivity contribution is 7.91. The first-order valence-electron chi connectivity index (χ1n) is 5.05. The smallest absolute Gasteiger partial charge is 0.150 e. The van der Waals surface area contributed by atoms with Gasteiger partial charge in [0, 0.05) is 5.75 Å². The van der Waals surface area contributed by atoms with E-state index in [0.29, 0.717) is 11.7 Å². The number of hydrogen-bond donors (Lipinski definition) is 1. The molecule has 0 atom stereocenters. The van der Waals surface area contributed by atoms with Gasteiger partial charge in [-0.1, -0.05) is 6.92 Å². The summed E-state index contributed by atoms with van der Waals surface area (Å²) in [7, 11) is -2.74. The van der Waals surface area contributed by atoms with Crippen LogP contribution >= 0.6 is 0 Å². The Morgan fingerprint density at radius 2 is 1.92 bits per heavy atom. The average molecular weight is 205 g/mol. The van der Waals surface area contributed by atoms with Gasteiger partial charge in [0.2, 0.25) is 0 Å². The van der Waals surface area contributed by atoms with Crippen molar-refractivity contribution >= 4 is 9.84 Å². The van der Waals surface area contributed by atoms with Crippen LogP contribution in [0.2, 0.25) is 0 Å². The van der Waals surface area contributed by atoms with E-state index in [1.165, 1.54) is 0 Å². The topological polar surface area (TPSA) is 46.2 Å². The molecule has 1 saturated heterocycles. The van der Waals surface area contributed by atoms with Gasteiger partial charge in [-0.2, -0.15) is 0 Å². The lowest BCUT2D eigenvalue weighted by molar-refractivity contribution is 0.365. The SMILES string of the molecule is CCS(=O)(=O)CCC1CCNCC1. The molecule has 1 fully saturated rings. The van der Waals surface area contributed by atoms with Crippen molar-refractivity contribution < 1.29 is 8.42 Å². The molecule has 4 heteroatoms. The van der Waals surface area contributed by atoms with Crippen LogP contribution < -0.4 is 5.32 Å². The summed E-state index contributed by atoms with van der Waals surface area (Å²) in [6.45, 7) is 3.82. The first-order valence-corrected chi connectivity index (χ1v) is 6.87. The lowest BCUT2D eigenvalue weighted by Crippen LogP contribution is -2.28. The van der Waals surface area contributed by atoms with Crippen LogP contribution in [0.3, 0.4) is 0 Å². The molecule has 0 bridgehead atoms. The Morgan fingerprint density at radius 1 is 1.31 bits per heavy atom. The summed E-state index contributed by atoms with van der Waals surface area (Å²) in [5, 5.41) is 3.28. The predicted molar refractivity (Wildman–Crippen MR) is 54.5 cm³/mol. The van der Waals surface area contributed by atoms with Crippen LogP contribution in [0.4, 0.5) is 0 Å². The highest BCUT2D eigenvalue weighted by Crippen LogP contribution is 2.16. The van der Waals surface area contributed by atoms with Crippen molar-refractivity contribution in [3.63, 3.8) is 0 Å². The standard InChI is InChI=1S/C9H19NO2S/c1-2-13(11,12)8-5-9-3-6-10-7-4-9/h9-10H,2-8H2,1H3. The van der Waals surface area contributed by atoms with E-state index in [9.17, 15) is 8.42 Å². The van der Waals surface area contributed by atoms with E-state index in [0.717, 1.165) is 32.4 Å².